The van der Waals surface area contributed by atoms with Crippen LogP contribution in [-0.4, -0.2) is 23.0 Å². The van der Waals surface area contributed by atoms with Crippen LogP contribution in [0.4, 0.5) is 5.69 Å². The second-order valence-electron chi connectivity index (χ2n) is 2.12. The minimum Gasteiger partial charge on any atom is -0.375 e. The minimum atomic E-state index is -4.67. The molecule has 14 heavy (non-hydrogen) atoms. The van der Waals surface area contributed by atoms with Crippen LogP contribution in [0.2, 0.25) is 0 Å². The van der Waals surface area contributed by atoms with Crippen LogP contribution in [0.25, 0.3) is 0 Å². The third-order valence-corrected chi connectivity index (χ3v) is 1.33. The highest BCUT2D eigenvalue weighted by molar-refractivity contribution is 9.09. The molecule has 5 nitrogen and oxygen atoms in total. The lowest BCUT2D eigenvalue weighted by atomic mass is 10.3. The summed E-state index contributed by atoms with van der Waals surface area (Å²) in [6, 6.07) is 10.1. The monoisotopic (exact) mass is 283 g/mol. The zero-order chi connectivity index (χ0) is 11.0. The Hall–Kier alpha value is -0.630. The van der Waals surface area contributed by atoms with Gasteiger partial charge in [0.25, 0.3) is 0 Å². The molecule has 80 valence electrons. The van der Waals surface area contributed by atoms with E-state index in [0.29, 0.717) is 0 Å². The van der Waals surface area contributed by atoms with Crippen LogP contribution >= 0.6 is 15.9 Å². The smallest absolute Gasteiger partial charge is 0.375 e. The Bertz CT molecular complexity index is 332. The number of nitrogens with one attached hydrogen (secondary N) is 1. The third-order valence-electron chi connectivity index (χ3n) is 1.04. The largest absolute Gasteiger partial charge is 0.394 e. The van der Waals surface area contributed by atoms with E-state index in [9.17, 15) is 0 Å². The molecule has 1 aromatic carbocycles. The van der Waals surface area contributed by atoms with Gasteiger partial charge in [-0.05, 0) is 12.1 Å². The fourth-order valence-electron chi connectivity index (χ4n) is 0.633. The van der Waals surface area contributed by atoms with E-state index in [2.05, 4.69) is 21.2 Å². The Morgan fingerprint density at radius 3 is 2.00 bits per heavy atom. The highest BCUT2D eigenvalue weighted by Gasteiger charge is 1.84. The van der Waals surface area contributed by atoms with Crippen LogP contribution in [0.3, 0.4) is 0 Å². The Morgan fingerprint density at radius 1 is 1.21 bits per heavy atom. The summed E-state index contributed by atoms with van der Waals surface area (Å²) < 4.78 is 31.6. The predicted octanol–water partition coefficient (Wildman–Crippen LogP) is 1.80. The third kappa shape index (κ3) is 11.4. The molecule has 0 aliphatic heterocycles. The van der Waals surface area contributed by atoms with Crippen molar-refractivity contribution in [2.45, 2.75) is 0 Å². The van der Waals surface area contributed by atoms with Crippen LogP contribution in [0.15, 0.2) is 30.3 Å². The Morgan fingerprint density at radius 2 is 1.64 bits per heavy atom. The topological polar surface area (TPSA) is 86.6 Å². The van der Waals surface area contributed by atoms with E-state index < -0.39 is 10.4 Å². The van der Waals surface area contributed by atoms with E-state index in [1.807, 2.05) is 30.3 Å². The van der Waals surface area contributed by atoms with Crippen molar-refractivity contribution >= 4 is 32.0 Å². The molecule has 0 radical (unpaired) electrons. The summed E-state index contributed by atoms with van der Waals surface area (Å²) in [5.74, 6) is 0. The maximum absolute atomic E-state index is 8.74. The van der Waals surface area contributed by atoms with E-state index in [-0.39, 0.29) is 0 Å². The lowest BCUT2D eigenvalue weighted by Gasteiger charge is -1.98. The zero-order valence-electron chi connectivity index (χ0n) is 7.09. The predicted molar refractivity (Wildman–Crippen MR) is 58.0 cm³/mol. The number of benzene rings is 1. The van der Waals surface area contributed by atoms with Gasteiger partial charge < -0.3 is 5.32 Å². The molecule has 0 fully saturated rings. The van der Waals surface area contributed by atoms with Crippen molar-refractivity contribution in [2.75, 3.05) is 10.8 Å². The van der Waals surface area contributed by atoms with Crippen LogP contribution in [0, 0.1) is 0 Å². The molecule has 0 atom stereocenters. The average molecular weight is 284 g/mol. The molecule has 0 aliphatic rings. The van der Waals surface area contributed by atoms with Gasteiger partial charge in [0.15, 0.2) is 0 Å². The second-order valence-corrected chi connectivity index (χ2v) is 3.58. The molecular weight excluding hydrogens is 274 g/mol. The van der Waals surface area contributed by atoms with Gasteiger partial charge in [-0.25, -0.2) is 0 Å². The summed E-state index contributed by atoms with van der Waals surface area (Å²) in [4.78, 5) is 0. The summed E-state index contributed by atoms with van der Waals surface area (Å²) in [5.41, 5.74) is 1.95. The van der Waals surface area contributed by atoms with E-state index in [4.69, 9.17) is 17.5 Å². The quantitative estimate of drug-likeness (QED) is 0.438. The lowest BCUT2D eigenvalue weighted by molar-refractivity contribution is 0.381. The van der Waals surface area contributed by atoms with Crippen molar-refractivity contribution in [3.8, 4) is 0 Å². The Kier molecular flexibility index (Phi) is 6.46. The molecule has 7 heteroatoms. The Labute approximate surface area is 90.9 Å². The standard InChI is InChI=1S/C7H8BrN.H2O4S/c8-6-9-7-4-2-1-3-5-7;1-5(2,3)4/h1-5,9H,6H2;(H2,1,2,3,4). The number of alkyl halides is 1. The van der Waals surface area contributed by atoms with Crippen LogP contribution < -0.4 is 5.32 Å². The Balaban J connectivity index is 0.000000292. The zero-order valence-corrected chi connectivity index (χ0v) is 9.49. The number of para-hydroxylation sites is 1. The summed E-state index contributed by atoms with van der Waals surface area (Å²) in [5, 5.41) is 3.12. The van der Waals surface area contributed by atoms with Crippen molar-refractivity contribution in [1.29, 1.82) is 0 Å². The maximum atomic E-state index is 8.74. The van der Waals surface area contributed by atoms with Gasteiger partial charge in [-0.2, -0.15) is 8.42 Å². The van der Waals surface area contributed by atoms with Gasteiger partial charge in [-0.3, -0.25) is 9.11 Å². The maximum Gasteiger partial charge on any atom is 0.394 e. The molecule has 0 heterocycles. The van der Waals surface area contributed by atoms with Crippen LogP contribution in [0.1, 0.15) is 0 Å². The molecule has 1 rings (SSSR count). The van der Waals surface area contributed by atoms with Gasteiger partial charge in [0.1, 0.15) is 0 Å². The van der Waals surface area contributed by atoms with E-state index >= 15 is 0 Å². The number of hydrogen-bond donors (Lipinski definition) is 3. The van der Waals surface area contributed by atoms with Gasteiger partial charge in [0.05, 0.1) is 5.45 Å². The molecule has 0 bridgehead atoms. The summed E-state index contributed by atoms with van der Waals surface area (Å²) >= 11 is 3.27. The second kappa shape index (κ2) is 6.77. The highest BCUT2D eigenvalue weighted by Crippen LogP contribution is 2.04. The first kappa shape index (κ1) is 13.4. The highest BCUT2D eigenvalue weighted by atomic mass is 79.9. The van der Waals surface area contributed by atoms with Gasteiger partial charge in [-0.1, -0.05) is 34.1 Å². The van der Waals surface area contributed by atoms with Crippen molar-refractivity contribution in [2.24, 2.45) is 0 Å². The molecule has 3 N–H and O–H groups in total. The van der Waals surface area contributed by atoms with Crippen LogP contribution in [-0.2, 0) is 10.4 Å². The average Bonchev–Trinajstić information content (AvgIpc) is 2.03. The first-order chi connectivity index (χ1) is 6.43. The molecule has 1 aromatic rings. The normalized spacial score (nSPS) is 9.93. The molecule has 0 aromatic heterocycles. The van der Waals surface area contributed by atoms with Crippen molar-refractivity contribution in [3.63, 3.8) is 0 Å². The molecule has 0 saturated heterocycles. The molecule has 0 amide bonds. The van der Waals surface area contributed by atoms with Crippen molar-refractivity contribution in [3.05, 3.63) is 30.3 Å². The number of anilines is 1. The van der Waals surface area contributed by atoms with E-state index in [0.717, 1.165) is 11.1 Å². The fraction of sp³-hybridized carbons (Fsp3) is 0.143. The van der Waals surface area contributed by atoms with E-state index in [1.165, 1.54) is 0 Å². The summed E-state index contributed by atoms with van der Waals surface area (Å²) in [6.45, 7) is 0. The molecular formula is C7H10BrNO4S. The van der Waals surface area contributed by atoms with E-state index in [1.54, 1.807) is 0 Å². The van der Waals surface area contributed by atoms with Crippen LogP contribution in [0.5, 0.6) is 0 Å². The number of hydrogen-bond acceptors (Lipinski definition) is 3. The number of halogens is 1. The summed E-state index contributed by atoms with van der Waals surface area (Å²) in [6.07, 6.45) is 0. The van der Waals surface area contributed by atoms with Gasteiger partial charge in [-0.15, -0.1) is 0 Å². The molecule has 0 unspecified atom stereocenters. The molecule has 0 aliphatic carbocycles. The van der Waals surface area contributed by atoms with Gasteiger partial charge in [0.2, 0.25) is 0 Å². The first-order valence-corrected chi connectivity index (χ1v) is 6.00. The number of rotatable bonds is 2. The summed E-state index contributed by atoms with van der Waals surface area (Å²) in [7, 11) is -4.67. The van der Waals surface area contributed by atoms with Crippen molar-refractivity contribution < 1.29 is 17.5 Å². The molecule has 0 spiro atoms. The fourth-order valence-corrected chi connectivity index (χ4v) is 0.957. The van der Waals surface area contributed by atoms with Gasteiger partial charge in [0, 0.05) is 5.69 Å². The van der Waals surface area contributed by atoms with Gasteiger partial charge >= 0.3 is 10.4 Å². The lowest BCUT2D eigenvalue weighted by Crippen LogP contribution is -1.91. The SMILES string of the molecule is BrCNc1ccccc1.O=S(=O)(O)O. The first-order valence-electron chi connectivity index (χ1n) is 3.48. The van der Waals surface area contributed by atoms with Crippen molar-refractivity contribution in [1.82, 2.24) is 0 Å². The minimum absolute atomic E-state index is 0.803. The molecule has 0 saturated carbocycles.